The predicted octanol–water partition coefficient (Wildman–Crippen LogP) is 2.50. The molecule has 0 heterocycles. The number of nitrogens with zero attached hydrogens (tertiary/aromatic N) is 1. The number of phenolic OH excluding ortho intramolecular Hbond substituents is 1. The van der Waals surface area contributed by atoms with E-state index in [2.05, 4.69) is 0 Å². The number of para-hydroxylation sites is 1. The van der Waals surface area contributed by atoms with Crippen LogP contribution in [0, 0.1) is 5.92 Å². The first-order valence-electron chi connectivity index (χ1n) is 6.15. The van der Waals surface area contributed by atoms with Gasteiger partial charge >= 0.3 is 5.97 Å². The highest BCUT2D eigenvalue weighted by Gasteiger charge is 2.21. The lowest BCUT2D eigenvalue weighted by atomic mass is 10.0. The van der Waals surface area contributed by atoms with Crippen molar-refractivity contribution in [2.45, 2.75) is 26.8 Å². The average molecular weight is 251 g/mol. The Morgan fingerprint density at radius 2 is 1.89 bits per heavy atom. The molecule has 1 aromatic carbocycles. The summed E-state index contributed by atoms with van der Waals surface area (Å²) in [6.45, 7) is 6.68. The second-order valence-electron chi connectivity index (χ2n) is 4.95. The molecule has 1 aromatic rings. The van der Waals surface area contributed by atoms with Crippen LogP contribution in [-0.4, -0.2) is 34.2 Å². The first-order chi connectivity index (χ1) is 8.41. The van der Waals surface area contributed by atoms with Gasteiger partial charge in [-0.25, -0.2) is 0 Å². The highest BCUT2D eigenvalue weighted by molar-refractivity contribution is 5.69. The molecule has 100 valence electrons. The Hall–Kier alpha value is -1.55. The van der Waals surface area contributed by atoms with Crippen LogP contribution in [0.4, 0.5) is 0 Å². The van der Waals surface area contributed by atoms with Crippen molar-refractivity contribution in [1.82, 2.24) is 4.90 Å². The van der Waals surface area contributed by atoms with E-state index in [0.29, 0.717) is 12.5 Å². The average Bonchev–Trinajstić information content (AvgIpc) is 2.26. The maximum atomic E-state index is 10.9. The summed E-state index contributed by atoms with van der Waals surface area (Å²) < 4.78 is 0. The molecular weight excluding hydrogens is 230 g/mol. The fraction of sp³-hybridized carbons (Fsp3) is 0.500. The minimum atomic E-state index is -0.849. The molecule has 1 rings (SSSR count). The molecule has 0 saturated heterocycles. The van der Waals surface area contributed by atoms with Crippen molar-refractivity contribution in [3.8, 4) is 5.75 Å². The number of hydrogen-bond donors (Lipinski definition) is 2. The van der Waals surface area contributed by atoms with E-state index in [4.69, 9.17) is 5.11 Å². The van der Waals surface area contributed by atoms with Crippen LogP contribution in [0.15, 0.2) is 24.3 Å². The van der Waals surface area contributed by atoms with Crippen molar-refractivity contribution < 1.29 is 15.0 Å². The maximum absolute atomic E-state index is 10.9. The molecule has 4 heteroatoms. The SMILES string of the molecule is CC(C)CN(CC(=O)O)C(C)c1ccccc1O. The lowest BCUT2D eigenvalue weighted by molar-refractivity contribution is -0.139. The van der Waals surface area contributed by atoms with Gasteiger partial charge in [0.25, 0.3) is 0 Å². The molecule has 0 spiro atoms. The van der Waals surface area contributed by atoms with Crippen LogP contribution in [0.5, 0.6) is 5.75 Å². The van der Waals surface area contributed by atoms with Gasteiger partial charge in [0.1, 0.15) is 5.75 Å². The van der Waals surface area contributed by atoms with Gasteiger partial charge in [0.05, 0.1) is 6.54 Å². The zero-order valence-corrected chi connectivity index (χ0v) is 11.1. The molecular formula is C14H21NO3. The second-order valence-corrected chi connectivity index (χ2v) is 4.95. The predicted molar refractivity (Wildman–Crippen MR) is 70.6 cm³/mol. The summed E-state index contributed by atoms with van der Waals surface area (Å²) in [4.78, 5) is 12.8. The largest absolute Gasteiger partial charge is 0.508 e. The molecule has 0 fully saturated rings. The first kappa shape index (κ1) is 14.5. The smallest absolute Gasteiger partial charge is 0.317 e. The molecule has 2 N–H and O–H groups in total. The van der Waals surface area contributed by atoms with Crippen molar-refractivity contribution in [3.05, 3.63) is 29.8 Å². The minimum Gasteiger partial charge on any atom is -0.508 e. The molecule has 4 nitrogen and oxygen atoms in total. The number of hydrogen-bond acceptors (Lipinski definition) is 3. The van der Waals surface area contributed by atoms with Crippen LogP contribution in [-0.2, 0) is 4.79 Å². The third-order valence-electron chi connectivity index (χ3n) is 2.87. The van der Waals surface area contributed by atoms with Crippen molar-refractivity contribution in [2.24, 2.45) is 5.92 Å². The quantitative estimate of drug-likeness (QED) is 0.815. The highest BCUT2D eigenvalue weighted by Crippen LogP contribution is 2.28. The molecule has 0 amide bonds. The number of phenols is 1. The molecule has 1 unspecified atom stereocenters. The van der Waals surface area contributed by atoms with Gasteiger partial charge in [-0.2, -0.15) is 0 Å². The molecule has 0 aromatic heterocycles. The van der Waals surface area contributed by atoms with E-state index >= 15 is 0 Å². The van der Waals surface area contributed by atoms with E-state index in [0.717, 1.165) is 5.56 Å². The Labute approximate surface area is 108 Å². The molecule has 18 heavy (non-hydrogen) atoms. The summed E-state index contributed by atoms with van der Waals surface area (Å²) >= 11 is 0. The monoisotopic (exact) mass is 251 g/mol. The third-order valence-corrected chi connectivity index (χ3v) is 2.87. The summed E-state index contributed by atoms with van der Waals surface area (Å²) in [6, 6.07) is 6.94. The van der Waals surface area contributed by atoms with Gasteiger partial charge < -0.3 is 10.2 Å². The van der Waals surface area contributed by atoms with E-state index in [1.807, 2.05) is 37.8 Å². The Balaban J connectivity index is 2.90. The van der Waals surface area contributed by atoms with Gasteiger partial charge in [0, 0.05) is 18.2 Å². The van der Waals surface area contributed by atoms with Crippen LogP contribution < -0.4 is 0 Å². The van der Waals surface area contributed by atoms with E-state index in [1.54, 1.807) is 12.1 Å². The molecule has 0 aliphatic carbocycles. The molecule has 0 aliphatic rings. The zero-order valence-electron chi connectivity index (χ0n) is 11.1. The standard InChI is InChI=1S/C14H21NO3/c1-10(2)8-15(9-14(17)18)11(3)12-6-4-5-7-13(12)16/h4-7,10-11,16H,8-9H2,1-3H3,(H,17,18). The summed E-state index contributed by atoms with van der Waals surface area (Å²) in [5, 5.41) is 18.8. The minimum absolute atomic E-state index is 0.0202. The lowest BCUT2D eigenvalue weighted by Gasteiger charge is -2.29. The number of carboxylic acid groups (broad SMARTS) is 1. The Morgan fingerprint density at radius 3 is 2.39 bits per heavy atom. The lowest BCUT2D eigenvalue weighted by Crippen LogP contribution is -2.35. The molecule has 0 aliphatic heterocycles. The van der Waals surface area contributed by atoms with Gasteiger partial charge in [0.2, 0.25) is 0 Å². The second kappa shape index (κ2) is 6.40. The number of rotatable bonds is 6. The van der Waals surface area contributed by atoms with Crippen molar-refractivity contribution >= 4 is 5.97 Å². The van der Waals surface area contributed by atoms with Crippen LogP contribution in [0.1, 0.15) is 32.4 Å². The van der Waals surface area contributed by atoms with Crippen LogP contribution in [0.2, 0.25) is 0 Å². The number of carboxylic acids is 1. The molecule has 0 saturated carbocycles. The maximum Gasteiger partial charge on any atom is 0.317 e. The Morgan fingerprint density at radius 1 is 1.28 bits per heavy atom. The van der Waals surface area contributed by atoms with Gasteiger partial charge in [-0.1, -0.05) is 32.0 Å². The number of aliphatic carboxylic acids is 1. The number of carbonyl (C=O) groups is 1. The summed E-state index contributed by atoms with van der Waals surface area (Å²) in [7, 11) is 0. The van der Waals surface area contributed by atoms with Gasteiger partial charge in [0.15, 0.2) is 0 Å². The summed E-state index contributed by atoms with van der Waals surface area (Å²) in [5.41, 5.74) is 0.763. The first-order valence-corrected chi connectivity index (χ1v) is 6.15. The normalized spacial score (nSPS) is 12.9. The van der Waals surface area contributed by atoms with Crippen LogP contribution in [0.3, 0.4) is 0 Å². The Kier molecular flexibility index (Phi) is 5.16. The number of aromatic hydroxyl groups is 1. The molecule has 1 atom stereocenters. The van der Waals surface area contributed by atoms with Crippen LogP contribution in [0.25, 0.3) is 0 Å². The van der Waals surface area contributed by atoms with Crippen LogP contribution >= 0.6 is 0 Å². The van der Waals surface area contributed by atoms with Crippen molar-refractivity contribution in [3.63, 3.8) is 0 Å². The summed E-state index contributed by atoms with van der Waals surface area (Å²) in [6.07, 6.45) is 0. The van der Waals surface area contributed by atoms with Gasteiger partial charge in [-0.3, -0.25) is 9.69 Å². The fourth-order valence-electron chi connectivity index (χ4n) is 2.04. The number of benzene rings is 1. The third kappa shape index (κ3) is 4.04. The topological polar surface area (TPSA) is 60.8 Å². The van der Waals surface area contributed by atoms with Crippen molar-refractivity contribution in [2.75, 3.05) is 13.1 Å². The Bertz CT molecular complexity index is 404. The zero-order chi connectivity index (χ0) is 13.7. The van der Waals surface area contributed by atoms with E-state index in [1.165, 1.54) is 0 Å². The van der Waals surface area contributed by atoms with E-state index in [-0.39, 0.29) is 18.3 Å². The highest BCUT2D eigenvalue weighted by atomic mass is 16.4. The molecule has 0 bridgehead atoms. The summed E-state index contributed by atoms with van der Waals surface area (Å²) in [5.74, 6) is -0.264. The van der Waals surface area contributed by atoms with E-state index in [9.17, 15) is 9.90 Å². The van der Waals surface area contributed by atoms with Crippen molar-refractivity contribution in [1.29, 1.82) is 0 Å². The fourth-order valence-corrected chi connectivity index (χ4v) is 2.04. The molecule has 0 radical (unpaired) electrons. The van der Waals surface area contributed by atoms with E-state index < -0.39 is 5.97 Å². The van der Waals surface area contributed by atoms with Gasteiger partial charge in [-0.05, 0) is 18.9 Å². The van der Waals surface area contributed by atoms with Gasteiger partial charge in [-0.15, -0.1) is 0 Å².